The molecule has 0 aliphatic heterocycles. The highest BCUT2D eigenvalue weighted by Gasteiger charge is 2.19. The van der Waals surface area contributed by atoms with Gasteiger partial charge in [-0.1, -0.05) is 18.2 Å². The number of rotatable bonds is 6. The highest BCUT2D eigenvalue weighted by molar-refractivity contribution is 7.89. The number of carbonyl (C=O) groups is 1. The van der Waals surface area contributed by atoms with Gasteiger partial charge in [0.2, 0.25) is 15.9 Å². The molecule has 0 radical (unpaired) electrons. The third-order valence-electron chi connectivity index (χ3n) is 3.22. The fourth-order valence-electron chi connectivity index (χ4n) is 2.06. The summed E-state index contributed by atoms with van der Waals surface area (Å²) in [5.74, 6) is -0.898. The molecule has 0 saturated carbocycles. The first-order valence-electron chi connectivity index (χ1n) is 7.04. The molecule has 0 aliphatic carbocycles. The third-order valence-corrected chi connectivity index (χ3v) is 4.64. The van der Waals surface area contributed by atoms with E-state index in [0.29, 0.717) is 12.2 Å². The van der Waals surface area contributed by atoms with E-state index in [1.165, 1.54) is 4.90 Å². The minimum absolute atomic E-state index is 0.0885. The molecule has 0 heterocycles. The van der Waals surface area contributed by atoms with E-state index in [-0.39, 0.29) is 17.3 Å². The van der Waals surface area contributed by atoms with E-state index >= 15 is 0 Å². The molecular formula is C16H17FN2O3S. The summed E-state index contributed by atoms with van der Waals surface area (Å²) in [5, 5.41) is 0. The van der Waals surface area contributed by atoms with Crippen LogP contribution in [-0.2, 0) is 14.8 Å². The van der Waals surface area contributed by atoms with Crippen LogP contribution in [0.25, 0.3) is 0 Å². The highest BCUT2D eigenvalue weighted by atomic mass is 32.2. The lowest BCUT2D eigenvalue weighted by Crippen LogP contribution is -2.40. The summed E-state index contributed by atoms with van der Waals surface area (Å²) in [6.07, 6.45) is 0. The molecular weight excluding hydrogens is 319 g/mol. The van der Waals surface area contributed by atoms with Gasteiger partial charge in [0.15, 0.2) is 0 Å². The van der Waals surface area contributed by atoms with Crippen LogP contribution in [0.4, 0.5) is 10.1 Å². The largest absolute Gasteiger partial charge is 0.312 e. The number of nitrogens with zero attached hydrogens (tertiary/aromatic N) is 1. The molecule has 7 heteroatoms. The lowest BCUT2D eigenvalue weighted by atomic mass is 10.3. The average molecular weight is 336 g/mol. The number of benzene rings is 2. The van der Waals surface area contributed by atoms with Gasteiger partial charge in [-0.05, 0) is 43.3 Å². The summed E-state index contributed by atoms with van der Waals surface area (Å²) in [7, 11) is -3.86. The van der Waals surface area contributed by atoms with Gasteiger partial charge in [-0.15, -0.1) is 0 Å². The van der Waals surface area contributed by atoms with E-state index < -0.39 is 15.8 Å². The lowest BCUT2D eigenvalue weighted by Gasteiger charge is -2.21. The molecule has 0 aliphatic rings. The number of hydrogen-bond donors (Lipinski definition) is 1. The van der Waals surface area contributed by atoms with Gasteiger partial charge in [-0.3, -0.25) is 4.79 Å². The summed E-state index contributed by atoms with van der Waals surface area (Å²) < 4.78 is 39.3. The van der Waals surface area contributed by atoms with E-state index in [1.807, 2.05) is 6.07 Å². The van der Waals surface area contributed by atoms with Crippen molar-refractivity contribution in [1.29, 1.82) is 0 Å². The topological polar surface area (TPSA) is 66.5 Å². The monoisotopic (exact) mass is 336 g/mol. The predicted molar refractivity (Wildman–Crippen MR) is 86.1 cm³/mol. The van der Waals surface area contributed by atoms with Crippen LogP contribution in [0.15, 0.2) is 59.5 Å². The van der Waals surface area contributed by atoms with Crippen LogP contribution in [0.2, 0.25) is 0 Å². The van der Waals surface area contributed by atoms with Crippen LogP contribution in [0, 0.1) is 5.82 Å². The number of hydrogen-bond acceptors (Lipinski definition) is 3. The van der Waals surface area contributed by atoms with Gasteiger partial charge in [0.1, 0.15) is 5.82 Å². The maximum absolute atomic E-state index is 12.9. The number of likely N-dealkylation sites (N-methyl/N-ethyl adjacent to an activating group) is 1. The molecule has 2 aromatic carbocycles. The van der Waals surface area contributed by atoms with Crippen molar-refractivity contribution < 1.29 is 17.6 Å². The predicted octanol–water partition coefficient (Wildman–Crippen LogP) is 2.16. The fourth-order valence-corrected chi connectivity index (χ4v) is 3.03. The molecule has 1 N–H and O–H groups in total. The van der Waals surface area contributed by atoms with Crippen molar-refractivity contribution in [3.05, 3.63) is 60.4 Å². The standard InChI is InChI=1S/C16H17FN2O3S/c1-2-19(14-6-4-3-5-7-14)16(20)12-18-23(21,22)15-10-8-13(17)9-11-15/h3-11,18H,2,12H2,1H3. The minimum atomic E-state index is -3.86. The first-order valence-corrected chi connectivity index (χ1v) is 8.53. The van der Waals surface area contributed by atoms with Crippen molar-refractivity contribution in [2.45, 2.75) is 11.8 Å². The molecule has 23 heavy (non-hydrogen) atoms. The van der Waals surface area contributed by atoms with Crippen molar-refractivity contribution in [3.63, 3.8) is 0 Å². The zero-order valence-corrected chi connectivity index (χ0v) is 13.4. The second-order valence-corrected chi connectivity index (χ2v) is 6.52. The quantitative estimate of drug-likeness (QED) is 0.879. The van der Waals surface area contributed by atoms with Gasteiger partial charge < -0.3 is 4.90 Å². The van der Waals surface area contributed by atoms with Crippen molar-refractivity contribution in [1.82, 2.24) is 4.72 Å². The first-order chi connectivity index (χ1) is 10.9. The number of amides is 1. The maximum atomic E-state index is 12.9. The average Bonchev–Trinajstić information content (AvgIpc) is 2.55. The van der Waals surface area contributed by atoms with E-state index in [4.69, 9.17) is 0 Å². The molecule has 0 atom stereocenters. The number of anilines is 1. The second-order valence-electron chi connectivity index (χ2n) is 4.75. The van der Waals surface area contributed by atoms with E-state index in [9.17, 15) is 17.6 Å². The zero-order chi connectivity index (χ0) is 16.9. The smallest absolute Gasteiger partial charge is 0.242 e. The Bertz CT molecular complexity index is 762. The van der Waals surface area contributed by atoms with Crippen LogP contribution in [0.3, 0.4) is 0 Å². The molecule has 2 aromatic rings. The molecule has 122 valence electrons. The molecule has 0 saturated heterocycles. The SMILES string of the molecule is CCN(C(=O)CNS(=O)(=O)c1ccc(F)cc1)c1ccccc1. The van der Waals surface area contributed by atoms with Gasteiger partial charge >= 0.3 is 0 Å². The Balaban J connectivity index is 2.07. The van der Waals surface area contributed by atoms with Crippen LogP contribution >= 0.6 is 0 Å². The Kier molecular flexibility index (Phi) is 5.46. The van der Waals surface area contributed by atoms with Crippen molar-refractivity contribution in [2.24, 2.45) is 0 Å². The summed E-state index contributed by atoms with van der Waals surface area (Å²) >= 11 is 0. The normalized spacial score (nSPS) is 11.2. The Labute approximate surface area is 134 Å². The molecule has 0 fully saturated rings. The van der Waals surface area contributed by atoms with Gasteiger partial charge in [0.25, 0.3) is 0 Å². The lowest BCUT2D eigenvalue weighted by molar-refractivity contribution is -0.117. The number of para-hydroxylation sites is 1. The first kappa shape index (κ1) is 17.1. The Hall–Kier alpha value is -2.25. The van der Waals surface area contributed by atoms with Gasteiger partial charge in [-0.25, -0.2) is 17.5 Å². The van der Waals surface area contributed by atoms with E-state index in [2.05, 4.69) is 4.72 Å². The molecule has 0 unspecified atom stereocenters. The molecule has 0 spiro atoms. The van der Waals surface area contributed by atoms with Crippen LogP contribution in [-0.4, -0.2) is 27.4 Å². The van der Waals surface area contributed by atoms with Crippen molar-refractivity contribution >= 4 is 21.6 Å². The number of halogens is 1. The van der Waals surface area contributed by atoms with Crippen molar-refractivity contribution in [2.75, 3.05) is 18.0 Å². The van der Waals surface area contributed by atoms with Gasteiger partial charge in [-0.2, -0.15) is 0 Å². The maximum Gasteiger partial charge on any atom is 0.242 e. The molecule has 2 rings (SSSR count). The fraction of sp³-hybridized carbons (Fsp3) is 0.188. The summed E-state index contributed by atoms with van der Waals surface area (Å²) in [6, 6.07) is 13.4. The number of carbonyl (C=O) groups excluding carboxylic acids is 1. The molecule has 1 amide bonds. The third kappa shape index (κ3) is 4.37. The van der Waals surface area contributed by atoms with E-state index in [1.54, 1.807) is 31.2 Å². The summed E-state index contributed by atoms with van der Waals surface area (Å²) in [5.41, 5.74) is 0.695. The minimum Gasteiger partial charge on any atom is -0.312 e. The summed E-state index contributed by atoms with van der Waals surface area (Å²) in [6.45, 7) is 1.85. The van der Waals surface area contributed by atoms with Gasteiger partial charge in [0.05, 0.1) is 11.4 Å². The van der Waals surface area contributed by atoms with Crippen LogP contribution in [0.1, 0.15) is 6.92 Å². The molecule has 5 nitrogen and oxygen atoms in total. The Morgan fingerprint density at radius 1 is 1.09 bits per heavy atom. The Morgan fingerprint density at radius 3 is 2.26 bits per heavy atom. The summed E-state index contributed by atoms with van der Waals surface area (Å²) in [4.78, 5) is 13.6. The molecule has 0 aromatic heterocycles. The second kappa shape index (κ2) is 7.34. The molecule has 0 bridgehead atoms. The van der Waals surface area contributed by atoms with Gasteiger partial charge in [0, 0.05) is 12.2 Å². The highest BCUT2D eigenvalue weighted by Crippen LogP contribution is 2.13. The van der Waals surface area contributed by atoms with Crippen molar-refractivity contribution in [3.8, 4) is 0 Å². The van der Waals surface area contributed by atoms with Crippen LogP contribution in [0.5, 0.6) is 0 Å². The van der Waals surface area contributed by atoms with Crippen LogP contribution < -0.4 is 9.62 Å². The Morgan fingerprint density at radius 2 is 1.70 bits per heavy atom. The number of nitrogens with one attached hydrogen (secondary N) is 1. The van der Waals surface area contributed by atoms with E-state index in [0.717, 1.165) is 24.3 Å². The zero-order valence-electron chi connectivity index (χ0n) is 12.6. The number of sulfonamides is 1.